The van der Waals surface area contributed by atoms with Gasteiger partial charge in [0.15, 0.2) is 0 Å². The first-order valence-electron chi connectivity index (χ1n) is 3.57. The number of halogens is 2. The number of hydrogen-bond donors (Lipinski definition) is 0. The van der Waals surface area contributed by atoms with Gasteiger partial charge in [-0.2, -0.15) is 0 Å². The summed E-state index contributed by atoms with van der Waals surface area (Å²) in [4.78, 5) is 2.59. The summed E-state index contributed by atoms with van der Waals surface area (Å²) in [6, 6.07) is 0. The zero-order chi connectivity index (χ0) is 7.19. The third kappa shape index (κ3) is 0.901. The van der Waals surface area contributed by atoms with Crippen LogP contribution in [-0.4, -0.2) is 14.7 Å². The van der Waals surface area contributed by atoms with Gasteiger partial charge >= 0.3 is 81.2 Å². The maximum absolute atomic E-state index is 2.59. The van der Waals surface area contributed by atoms with Crippen LogP contribution in [0.2, 0.25) is 0 Å². The molecule has 2 atom stereocenters. The number of hydrogen-bond acceptors (Lipinski definition) is 0. The van der Waals surface area contributed by atoms with Crippen LogP contribution in [0.5, 0.6) is 0 Å². The van der Waals surface area contributed by atoms with E-state index in [1.807, 2.05) is 0 Å². The zero-order valence-corrected chi connectivity index (χ0v) is 10.7. The van der Waals surface area contributed by atoms with E-state index in [1.165, 1.54) is 6.42 Å². The molecular formula is C8H13I2-. The maximum atomic E-state index is 2.59. The van der Waals surface area contributed by atoms with Gasteiger partial charge in [0.2, 0.25) is 0 Å². The quantitative estimate of drug-likeness (QED) is 0.303. The van der Waals surface area contributed by atoms with E-state index in [-0.39, 0.29) is 0 Å². The Morgan fingerprint density at radius 1 is 1.70 bits per heavy atom. The Hall–Kier alpha value is 1.20. The molecule has 1 spiro atoms. The Bertz CT molecular complexity index is 164. The van der Waals surface area contributed by atoms with Crippen LogP contribution in [0.1, 0.15) is 13.3 Å². The van der Waals surface area contributed by atoms with Crippen molar-refractivity contribution in [3.8, 4) is 0 Å². The van der Waals surface area contributed by atoms with E-state index in [2.05, 4.69) is 24.0 Å². The van der Waals surface area contributed by atoms with Crippen LogP contribution in [0.25, 0.3) is 0 Å². The first-order valence-corrected chi connectivity index (χ1v) is 11.1. The molecule has 2 heteroatoms. The van der Waals surface area contributed by atoms with E-state index >= 15 is 0 Å². The Morgan fingerprint density at radius 3 is 2.60 bits per heavy atom. The molecule has 2 aliphatic rings. The van der Waals surface area contributed by atoms with Crippen molar-refractivity contribution < 1.29 is 21.2 Å². The van der Waals surface area contributed by atoms with E-state index < -0.39 is 19.8 Å². The normalized spacial score (nSPS) is 49.0. The van der Waals surface area contributed by atoms with Crippen molar-refractivity contribution in [2.75, 3.05) is 7.36 Å². The molecule has 0 N–H and O–H groups in total. The number of rotatable bonds is 0. The van der Waals surface area contributed by atoms with Crippen molar-refractivity contribution >= 4 is 19.8 Å². The fourth-order valence-electron chi connectivity index (χ4n) is 1.53. The third-order valence-electron chi connectivity index (χ3n) is 2.53. The molecule has 2 unspecified atom stereocenters. The fraction of sp³-hybridized carbons (Fsp3) is 0.750. The third-order valence-corrected chi connectivity index (χ3v) is 20.5. The molecular weight excluding hydrogens is 350 g/mol. The monoisotopic (exact) mass is 363 g/mol. The van der Waals surface area contributed by atoms with Crippen molar-refractivity contribution in [3.05, 3.63) is 12.2 Å². The SMILES string of the molecule is CC1[I-]CI(C)C12C=CC2. The summed E-state index contributed by atoms with van der Waals surface area (Å²) in [5.74, 6) is 0. The average molecular weight is 363 g/mol. The summed E-state index contributed by atoms with van der Waals surface area (Å²) in [6.07, 6.45) is 6.39. The molecule has 10 heavy (non-hydrogen) atoms. The fourth-order valence-corrected chi connectivity index (χ4v) is 21.7. The standard InChI is InChI=1S/C8H13I2/c1-7-8(4-3-5-8)10(2)6-9-7/h3-4,7H,5-6H2,1-2H3/q-1. The Labute approximate surface area is 80.5 Å². The van der Waals surface area contributed by atoms with Gasteiger partial charge in [0.1, 0.15) is 0 Å². The molecule has 0 amide bonds. The Kier molecular flexibility index (Phi) is 2.04. The zero-order valence-electron chi connectivity index (χ0n) is 6.40. The van der Waals surface area contributed by atoms with Gasteiger partial charge in [-0.1, -0.05) is 0 Å². The second kappa shape index (κ2) is 2.61. The van der Waals surface area contributed by atoms with Gasteiger partial charge in [0.05, 0.1) is 0 Å². The molecule has 60 valence electrons. The minimum absolute atomic E-state index is 0.453. The van der Waals surface area contributed by atoms with Gasteiger partial charge < -0.3 is 0 Å². The first-order chi connectivity index (χ1) is 4.76. The van der Waals surface area contributed by atoms with Crippen LogP contribution >= 0.6 is 19.8 Å². The van der Waals surface area contributed by atoms with Crippen LogP contribution in [0, 0.1) is 0 Å². The predicted octanol–water partition coefficient (Wildman–Crippen LogP) is -0.730. The molecule has 0 radical (unpaired) electrons. The van der Waals surface area contributed by atoms with Gasteiger partial charge in [-0.05, 0) is 0 Å². The molecule has 0 aromatic rings. The van der Waals surface area contributed by atoms with Crippen molar-refractivity contribution in [1.82, 2.24) is 0 Å². The molecule has 1 aliphatic heterocycles. The summed E-state index contributed by atoms with van der Waals surface area (Å²) in [5.41, 5.74) is 0. The van der Waals surface area contributed by atoms with E-state index in [4.69, 9.17) is 0 Å². The summed E-state index contributed by atoms with van der Waals surface area (Å²) in [6.45, 7) is 2.50. The predicted molar refractivity (Wildman–Crippen MR) is 50.8 cm³/mol. The number of allylic oxidation sites excluding steroid dienone is 2. The topological polar surface area (TPSA) is 0 Å². The molecule has 1 fully saturated rings. The van der Waals surface area contributed by atoms with Crippen molar-refractivity contribution in [1.29, 1.82) is 0 Å². The van der Waals surface area contributed by atoms with Gasteiger partial charge in [-0.15, -0.1) is 0 Å². The van der Waals surface area contributed by atoms with E-state index in [0.29, 0.717) is 21.2 Å². The van der Waals surface area contributed by atoms with Crippen molar-refractivity contribution in [3.63, 3.8) is 0 Å². The molecule has 0 aromatic heterocycles. The molecule has 1 heterocycles. The Balaban J connectivity index is 2.24. The Morgan fingerprint density at radius 2 is 2.40 bits per heavy atom. The van der Waals surface area contributed by atoms with Gasteiger partial charge in [0.25, 0.3) is 0 Å². The summed E-state index contributed by atoms with van der Waals surface area (Å²) >= 11 is 0.160. The van der Waals surface area contributed by atoms with Crippen molar-refractivity contribution in [2.45, 2.75) is 20.7 Å². The molecule has 0 bridgehead atoms. The van der Waals surface area contributed by atoms with Gasteiger partial charge in [0, 0.05) is 0 Å². The molecule has 1 aliphatic carbocycles. The summed E-state index contributed by atoms with van der Waals surface area (Å²) in [7, 11) is 0. The molecule has 1 saturated heterocycles. The minimum atomic E-state index is -0.453. The van der Waals surface area contributed by atoms with Crippen LogP contribution in [0.15, 0.2) is 12.2 Å². The summed E-state index contributed by atoms with van der Waals surface area (Å²) < 4.78 is 3.71. The average Bonchev–Trinajstić information content (AvgIpc) is 2.06. The van der Waals surface area contributed by atoms with E-state index in [0.717, 1.165) is 7.35 Å². The second-order valence-electron chi connectivity index (χ2n) is 2.99. The van der Waals surface area contributed by atoms with Crippen molar-refractivity contribution in [2.24, 2.45) is 0 Å². The number of alkyl halides is 5. The van der Waals surface area contributed by atoms with Crippen LogP contribution < -0.4 is 21.2 Å². The molecule has 0 saturated carbocycles. The molecule has 0 aromatic carbocycles. The first kappa shape index (κ1) is 7.83. The molecule has 0 nitrogen and oxygen atoms in total. The summed E-state index contributed by atoms with van der Waals surface area (Å²) in [5, 5.41) is 0. The van der Waals surface area contributed by atoms with E-state index in [1.54, 1.807) is 2.43 Å². The van der Waals surface area contributed by atoms with Crippen LogP contribution in [-0.2, 0) is 0 Å². The van der Waals surface area contributed by atoms with Crippen LogP contribution in [0.3, 0.4) is 0 Å². The molecule has 2 rings (SSSR count). The van der Waals surface area contributed by atoms with Gasteiger partial charge in [-0.3, -0.25) is 0 Å². The van der Waals surface area contributed by atoms with Gasteiger partial charge in [-0.25, -0.2) is 0 Å². The van der Waals surface area contributed by atoms with E-state index in [9.17, 15) is 0 Å². The second-order valence-corrected chi connectivity index (χ2v) is 15.6. The van der Waals surface area contributed by atoms with Crippen LogP contribution in [0.4, 0.5) is 0 Å².